The highest BCUT2D eigenvalue weighted by Gasteiger charge is 2.29. The lowest BCUT2D eigenvalue weighted by atomic mass is 10.3. The molecule has 0 nitrogen and oxygen atoms in total. The molecule has 0 saturated heterocycles. The van der Waals surface area contributed by atoms with E-state index < -0.39 is 0 Å². The lowest BCUT2D eigenvalue weighted by molar-refractivity contribution is 1.28. The summed E-state index contributed by atoms with van der Waals surface area (Å²) in [6.45, 7) is 6.16. The summed E-state index contributed by atoms with van der Waals surface area (Å²) in [7, 11) is -0.278. The van der Waals surface area contributed by atoms with Crippen molar-refractivity contribution in [1.29, 1.82) is 0 Å². The van der Waals surface area contributed by atoms with Gasteiger partial charge in [-0.25, -0.2) is 0 Å². The van der Waals surface area contributed by atoms with Gasteiger partial charge in [0.05, 0.1) is 21.8 Å². The molecule has 5 aromatic rings. The van der Waals surface area contributed by atoms with Crippen molar-refractivity contribution < 1.29 is 0 Å². The number of hydrogen-bond acceptors (Lipinski definition) is 1. The first kappa shape index (κ1) is 26.2. The van der Waals surface area contributed by atoms with Gasteiger partial charge in [-0.1, -0.05) is 72.9 Å². The van der Waals surface area contributed by atoms with Crippen LogP contribution in [0.15, 0.2) is 197 Å². The van der Waals surface area contributed by atoms with Crippen molar-refractivity contribution in [1.82, 2.24) is 0 Å². The Morgan fingerprint density at radius 1 is 0.526 bits per heavy atom. The van der Waals surface area contributed by atoms with Crippen molar-refractivity contribution in [2.75, 3.05) is 0 Å². The molecule has 0 bridgehead atoms. The maximum Gasteiger partial charge on any atom is 0.166 e. The highest BCUT2D eigenvalue weighted by molar-refractivity contribution is 8.01. The molecule has 1 unspecified atom stereocenters. The molecule has 0 fully saturated rings. The Balaban J connectivity index is 1.37. The minimum Gasteiger partial charge on any atom is -0.0941 e. The van der Waals surface area contributed by atoms with Gasteiger partial charge in [0.15, 0.2) is 29.4 Å². The molecule has 186 valence electrons. The Morgan fingerprint density at radius 3 is 1.32 bits per heavy atom. The summed E-state index contributed by atoms with van der Waals surface area (Å²) in [5, 5.41) is 0. The van der Waals surface area contributed by atoms with Crippen molar-refractivity contribution in [3.05, 3.63) is 163 Å². The Bertz CT molecular complexity index is 1440. The van der Waals surface area contributed by atoms with E-state index in [0.717, 1.165) is 0 Å². The molecule has 0 amide bonds. The first-order chi connectivity index (χ1) is 18.8. The van der Waals surface area contributed by atoms with Crippen LogP contribution in [0.25, 0.3) is 0 Å². The molecule has 0 aliphatic carbocycles. The molecule has 5 rings (SSSR count). The zero-order valence-electron chi connectivity index (χ0n) is 21.4. The monoisotopic (exact) mass is 546 g/mol. The average Bonchev–Trinajstić information content (AvgIpc) is 2.99. The van der Waals surface area contributed by atoms with Gasteiger partial charge >= 0.3 is 0 Å². The van der Waals surface area contributed by atoms with Gasteiger partial charge < -0.3 is 0 Å². The molecule has 0 spiro atoms. The summed E-state index contributed by atoms with van der Waals surface area (Å²) in [5.41, 5.74) is 0. The standard InChI is InChI=1S/C35H30S3/c1-3-30(4-2)37(31-14-8-5-9-15-31)34-24-20-28(21-25-34)36-29-22-26-35(27-23-29)38(32-16-10-6-11-17-32)33-18-12-7-13-19-33/h3-27H,1H2,2H3/q+2/b30-4+. The highest BCUT2D eigenvalue weighted by Crippen LogP contribution is 2.36. The minimum absolute atomic E-state index is 0.124. The SMILES string of the molecule is C=C/C(=C\C)[S+](c1ccccc1)c1ccc(Sc2ccc([S+](c3ccccc3)c3ccccc3)cc2)cc1. The van der Waals surface area contributed by atoms with Gasteiger partial charge in [-0.2, -0.15) is 0 Å². The second-order valence-corrected chi connectivity index (χ2v) is 13.7. The third-order valence-corrected chi connectivity index (χ3v) is 11.6. The molecule has 0 radical (unpaired) electrons. The molecular formula is C35H30S3+2. The van der Waals surface area contributed by atoms with E-state index in [1.54, 1.807) is 0 Å². The van der Waals surface area contributed by atoms with Crippen LogP contribution in [0.3, 0.4) is 0 Å². The van der Waals surface area contributed by atoms with Gasteiger partial charge in [0.25, 0.3) is 0 Å². The quantitative estimate of drug-likeness (QED) is 0.131. The fraction of sp³-hybridized carbons (Fsp3) is 0.0286. The van der Waals surface area contributed by atoms with Gasteiger partial charge in [-0.05, 0) is 104 Å². The van der Waals surface area contributed by atoms with Crippen LogP contribution >= 0.6 is 11.8 Å². The van der Waals surface area contributed by atoms with E-state index in [2.05, 4.69) is 159 Å². The third-order valence-electron chi connectivity index (χ3n) is 6.01. The van der Waals surface area contributed by atoms with E-state index in [-0.39, 0.29) is 21.8 Å². The van der Waals surface area contributed by atoms with Crippen molar-refractivity contribution in [2.24, 2.45) is 0 Å². The topological polar surface area (TPSA) is 0 Å². The number of rotatable bonds is 9. The van der Waals surface area contributed by atoms with Crippen molar-refractivity contribution in [3.63, 3.8) is 0 Å². The average molecular weight is 547 g/mol. The van der Waals surface area contributed by atoms with Crippen molar-refractivity contribution in [2.45, 2.75) is 41.2 Å². The van der Waals surface area contributed by atoms with Gasteiger partial charge in [-0.3, -0.25) is 0 Å². The molecule has 5 aromatic carbocycles. The van der Waals surface area contributed by atoms with Crippen LogP contribution in [0, 0.1) is 0 Å². The van der Waals surface area contributed by atoms with Crippen molar-refractivity contribution in [3.8, 4) is 0 Å². The third kappa shape index (κ3) is 6.19. The molecule has 0 aliphatic heterocycles. The summed E-state index contributed by atoms with van der Waals surface area (Å²) in [5.74, 6) is 0. The fourth-order valence-corrected chi connectivity index (χ4v) is 9.19. The molecule has 0 aromatic heterocycles. The molecule has 0 saturated carbocycles. The second-order valence-electron chi connectivity index (χ2n) is 8.49. The van der Waals surface area contributed by atoms with Crippen LogP contribution in [0.4, 0.5) is 0 Å². The summed E-state index contributed by atoms with van der Waals surface area (Å²) >= 11 is 1.81. The van der Waals surface area contributed by atoms with Crippen molar-refractivity contribution >= 4 is 33.6 Å². The van der Waals surface area contributed by atoms with Crippen LogP contribution in [0.2, 0.25) is 0 Å². The lowest BCUT2D eigenvalue weighted by Crippen LogP contribution is -2.05. The van der Waals surface area contributed by atoms with Gasteiger partial charge in [0, 0.05) is 9.79 Å². The van der Waals surface area contributed by atoms with Crippen LogP contribution in [0.5, 0.6) is 0 Å². The molecule has 3 heteroatoms. The van der Waals surface area contributed by atoms with Gasteiger partial charge in [0.2, 0.25) is 0 Å². The molecule has 0 heterocycles. The first-order valence-electron chi connectivity index (χ1n) is 12.6. The Morgan fingerprint density at radius 2 is 0.895 bits per heavy atom. The van der Waals surface area contributed by atoms with E-state index in [0.29, 0.717) is 0 Å². The Kier molecular flexibility index (Phi) is 8.93. The van der Waals surface area contributed by atoms with Gasteiger partial charge in [-0.15, -0.1) is 0 Å². The molecular weight excluding hydrogens is 517 g/mol. The maximum atomic E-state index is 4.07. The Hall–Kier alpha value is -3.37. The predicted molar refractivity (Wildman–Crippen MR) is 166 cm³/mol. The summed E-state index contributed by atoms with van der Waals surface area (Å²) in [6, 6.07) is 50.4. The first-order valence-corrected chi connectivity index (χ1v) is 15.8. The van der Waals surface area contributed by atoms with Crippen LogP contribution in [-0.4, -0.2) is 0 Å². The summed E-state index contributed by atoms with van der Waals surface area (Å²) in [6.07, 6.45) is 4.16. The van der Waals surface area contributed by atoms with E-state index in [9.17, 15) is 0 Å². The largest absolute Gasteiger partial charge is 0.166 e. The van der Waals surface area contributed by atoms with E-state index in [1.165, 1.54) is 39.2 Å². The number of hydrogen-bond donors (Lipinski definition) is 0. The second kappa shape index (κ2) is 12.9. The highest BCUT2D eigenvalue weighted by atomic mass is 32.2. The number of benzene rings is 5. The molecule has 0 N–H and O–H groups in total. The van der Waals surface area contributed by atoms with E-state index in [4.69, 9.17) is 0 Å². The fourth-order valence-electron chi connectivity index (χ4n) is 4.23. The Labute approximate surface area is 236 Å². The smallest absolute Gasteiger partial charge is 0.0941 e. The summed E-state index contributed by atoms with van der Waals surface area (Å²) in [4.78, 5) is 10.4. The van der Waals surface area contributed by atoms with E-state index in [1.807, 2.05) is 17.8 Å². The maximum absolute atomic E-state index is 4.07. The molecule has 1 atom stereocenters. The van der Waals surface area contributed by atoms with Gasteiger partial charge in [0.1, 0.15) is 0 Å². The van der Waals surface area contributed by atoms with Crippen LogP contribution < -0.4 is 0 Å². The zero-order chi connectivity index (χ0) is 26.2. The normalized spacial score (nSPS) is 12.3. The minimum atomic E-state index is -0.154. The number of allylic oxidation sites excluding steroid dienone is 2. The van der Waals surface area contributed by atoms with Crippen LogP contribution in [-0.2, 0) is 21.8 Å². The summed E-state index contributed by atoms with van der Waals surface area (Å²) < 4.78 is 0. The predicted octanol–water partition coefficient (Wildman–Crippen LogP) is 10.1. The lowest BCUT2D eigenvalue weighted by Gasteiger charge is -2.10. The molecule has 0 aliphatic rings. The zero-order valence-corrected chi connectivity index (χ0v) is 23.8. The van der Waals surface area contributed by atoms with E-state index >= 15 is 0 Å². The molecule has 38 heavy (non-hydrogen) atoms. The van der Waals surface area contributed by atoms with Crippen LogP contribution in [0.1, 0.15) is 6.92 Å².